The molecule has 0 aromatic heterocycles. The van der Waals surface area contributed by atoms with Gasteiger partial charge in [-0.1, -0.05) is 17.7 Å². The minimum Gasteiger partial charge on any atom is -0.413 e. The predicted molar refractivity (Wildman–Crippen MR) is 47.5 cm³/mol. The molecule has 12 heavy (non-hydrogen) atoms. The van der Waals surface area contributed by atoms with E-state index in [-0.39, 0.29) is 0 Å². The highest BCUT2D eigenvalue weighted by molar-refractivity contribution is 7.80. The second-order valence-electron chi connectivity index (χ2n) is 2.36. The molecule has 66 valence electrons. The van der Waals surface area contributed by atoms with Gasteiger partial charge in [0.05, 0.1) is 0 Å². The third-order valence-corrected chi connectivity index (χ3v) is 1.88. The molecule has 1 aromatic carbocycles. The Morgan fingerprint density at radius 2 is 1.92 bits per heavy atom. The van der Waals surface area contributed by atoms with Crippen LogP contribution in [0.3, 0.4) is 0 Å². The number of hydrogen-bond donors (Lipinski definition) is 1. The van der Waals surface area contributed by atoms with Crippen molar-refractivity contribution in [2.45, 2.75) is 6.92 Å². The molecule has 1 atom stereocenters. The third kappa shape index (κ3) is 3.26. The van der Waals surface area contributed by atoms with Crippen molar-refractivity contribution in [2.24, 2.45) is 0 Å². The fraction of sp³-hybridized carbons (Fsp3) is 0.143. The highest BCUT2D eigenvalue weighted by Crippen LogP contribution is 2.47. The van der Waals surface area contributed by atoms with Crippen LogP contribution in [0.2, 0.25) is 0 Å². The van der Waals surface area contributed by atoms with Crippen LogP contribution in [0.4, 0.5) is 0 Å². The van der Waals surface area contributed by atoms with Gasteiger partial charge in [0.1, 0.15) is 5.75 Å². The molecular weight excluding hydrogens is 199 g/mol. The van der Waals surface area contributed by atoms with Gasteiger partial charge in [-0.2, -0.15) is 0 Å². The molecule has 0 radical (unpaired) electrons. The summed E-state index contributed by atoms with van der Waals surface area (Å²) in [6.07, 6.45) is 0. The lowest BCUT2D eigenvalue weighted by molar-refractivity contribution is 0.401. The van der Waals surface area contributed by atoms with Gasteiger partial charge < -0.3 is 9.42 Å². The molecule has 0 aliphatic rings. The molecule has 0 spiro atoms. The molecule has 0 aliphatic heterocycles. The van der Waals surface area contributed by atoms with Crippen molar-refractivity contribution in [1.82, 2.24) is 0 Å². The van der Waals surface area contributed by atoms with Crippen LogP contribution in [-0.4, -0.2) is 4.89 Å². The Kier molecular flexibility index (Phi) is 2.78. The van der Waals surface area contributed by atoms with Gasteiger partial charge in [0.15, 0.2) is 0 Å². The summed E-state index contributed by atoms with van der Waals surface area (Å²) in [5, 5.41) is 0. The molecular formula is C7H8ClO3P. The first-order valence-corrected chi connectivity index (χ1v) is 5.74. The Labute approximate surface area is 75.3 Å². The van der Waals surface area contributed by atoms with E-state index in [1.807, 2.05) is 6.92 Å². The molecule has 0 bridgehead atoms. The molecule has 1 aromatic rings. The summed E-state index contributed by atoms with van der Waals surface area (Å²) in [7, 11) is 0. The van der Waals surface area contributed by atoms with Crippen LogP contribution in [0.1, 0.15) is 5.56 Å². The molecule has 0 heterocycles. The van der Waals surface area contributed by atoms with Gasteiger partial charge in [-0.25, -0.2) is 4.57 Å². The molecule has 0 aliphatic carbocycles. The van der Waals surface area contributed by atoms with E-state index in [1.165, 1.54) is 0 Å². The lowest BCUT2D eigenvalue weighted by Crippen LogP contribution is -1.84. The summed E-state index contributed by atoms with van der Waals surface area (Å²) in [6.45, 7) is -2.02. The fourth-order valence-electron chi connectivity index (χ4n) is 0.729. The van der Waals surface area contributed by atoms with E-state index in [2.05, 4.69) is 4.52 Å². The summed E-state index contributed by atoms with van der Waals surface area (Å²) in [5.41, 5.74) is 1.05. The van der Waals surface area contributed by atoms with E-state index in [0.29, 0.717) is 5.75 Å². The van der Waals surface area contributed by atoms with E-state index in [0.717, 1.165) is 5.56 Å². The first kappa shape index (κ1) is 9.59. The molecule has 3 nitrogen and oxygen atoms in total. The predicted octanol–water partition coefficient (Wildman–Crippen LogP) is 2.71. The first-order chi connectivity index (χ1) is 5.47. The van der Waals surface area contributed by atoms with Crippen LogP contribution >= 0.6 is 18.2 Å². The number of aryl methyl sites for hydroxylation is 1. The topological polar surface area (TPSA) is 46.5 Å². The SMILES string of the molecule is Cc1ccc(OP(=O)(O)Cl)cc1. The molecule has 1 unspecified atom stereocenters. The quantitative estimate of drug-likeness (QED) is 0.757. The van der Waals surface area contributed by atoms with Crippen LogP contribution < -0.4 is 4.52 Å². The zero-order chi connectivity index (χ0) is 9.19. The first-order valence-electron chi connectivity index (χ1n) is 3.26. The molecule has 5 heteroatoms. The zero-order valence-electron chi connectivity index (χ0n) is 6.40. The van der Waals surface area contributed by atoms with Crippen LogP contribution in [0.25, 0.3) is 0 Å². The normalized spacial score (nSPS) is 15.2. The van der Waals surface area contributed by atoms with E-state index in [4.69, 9.17) is 16.1 Å². The van der Waals surface area contributed by atoms with Crippen LogP contribution in [0.15, 0.2) is 24.3 Å². The summed E-state index contributed by atoms with van der Waals surface area (Å²) in [5.74, 6) is 0.293. The second kappa shape index (κ2) is 3.48. The van der Waals surface area contributed by atoms with E-state index in [9.17, 15) is 4.57 Å². The Morgan fingerprint density at radius 1 is 1.42 bits per heavy atom. The average Bonchev–Trinajstić information content (AvgIpc) is 1.91. The van der Waals surface area contributed by atoms with Crippen molar-refractivity contribution < 1.29 is 14.0 Å². The Hall–Kier alpha value is -0.500. The van der Waals surface area contributed by atoms with Gasteiger partial charge in [-0.15, -0.1) is 0 Å². The third-order valence-electron chi connectivity index (χ3n) is 1.24. The van der Waals surface area contributed by atoms with E-state index < -0.39 is 6.95 Å². The monoisotopic (exact) mass is 206 g/mol. The Bertz CT molecular complexity index is 303. The lowest BCUT2D eigenvalue weighted by Gasteiger charge is -2.05. The van der Waals surface area contributed by atoms with Gasteiger partial charge in [-0.3, -0.25) is 0 Å². The second-order valence-corrected chi connectivity index (χ2v) is 4.72. The maximum absolute atomic E-state index is 10.6. The van der Waals surface area contributed by atoms with Gasteiger partial charge in [0.25, 0.3) is 0 Å². The van der Waals surface area contributed by atoms with Gasteiger partial charge in [0.2, 0.25) is 0 Å². The van der Waals surface area contributed by atoms with Gasteiger partial charge in [0, 0.05) is 11.2 Å². The fourth-order valence-corrected chi connectivity index (χ4v) is 1.35. The smallest absolute Gasteiger partial charge is 0.413 e. The van der Waals surface area contributed by atoms with E-state index >= 15 is 0 Å². The van der Waals surface area contributed by atoms with Crippen LogP contribution in [0, 0.1) is 6.92 Å². The Balaban J connectivity index is 2.78. The summed E-state index contributed by atoms with van der Waals surface area (Å²) < 4.78 is 15.1. The average molecular weight is 207 g/mol. The highest BCUT2D eigenvalue weighted by atomic mass is 35.7. The molecule has 1 rings (SSSR count). The minimum atomic E-state index is -3.93. The van der Waals surface area contributed by atoms with Crippen molar-refractivity contribution >= 4 is 18.2 Å². The van der Waals surface area contributed by atoms with Crippen molar-refractivity contribution in [3.05, 3.63) is 29.8 Å². The summed E-state index contributed by atoms with van der Waals surface area (Å²) in [4.78, 5) is 8.64. The maximum atomic E-state index is 10.6. The largest absolute Gasteiger partial charge is 0.474 e. The zero-order valence-corrected chi connectivity index (χ0v) is 8.05. The summed E-state index contributed by atoms with van der Waals surface area (Å²) >= 11 is 5.00. The standard InChI is InChI=1S/C7H8ClO3P/c1-6-2-4-7(5-3-6)11-12(8,9)10/h2-5H,1H3,(H,9,10). The number of hydrogen-bond acceptors (Lipinski definition) is 2. The van der Waals surface area contributed by atoms with Gasteiger partial charge >= 0.3 is 6.95 Å². The summed E-state index contributed by atoms with van der Waals surface area (Å²) in [6, 6.07) is 6.70. The number of rotatable bonds is 2. The van der Waals surface area contributed by atoms with Crippen LogP contribution in [0.5, 0.6) is 5.75 Å². The van der Waals surface area contributed by atoms with Crippen molar-refractivity contribution in [3.8, 4) is 5.75 Å². The van der Waals surface area contributed by atoms with Crippen molar-refractivity contribution in [3.63, 3.8) is 0 Å². The van der Waals surface area contributed by atoms with Crippen molar-refractivity contribution in [1.29, 1.82) is 0 Å². The molecule has 1 N–H and O–H groups in total. The number of benzene rings is 1. The minimum absolute atomic E-state index is 0.293. The van der Waals surface area contributed by atoms with E-state index in [1.54, 1.807) is 24.3 Å². The maximum Gasteiger partial charge on any atom is 0.474 e. The molecule has 0 saturated heterocycles. The number of halogens is 1. The van der Waals surface area contributed by atoms with Gasteiger partial charge in [-0.05, 0) is 19.1 Å². The molecule has 0 saturated carbocycles. The molecule has 0 fully saturated rings. The Morgan fingerprint density at radius 3 is 2.33 bits per heavy atom. The highest BCUT2D eigenvalue weighted by Gasteiger charge is 2.15. The van der Waals surface area contributed by atoms with Crippen molar-refractivity contribution in [2.75, 3.05) is 0 Å². The molecule has 0 amide bonds. The lowest BCUT2D eigenvalue weighted by atomic mass is 10.2. The van der Waals surface area contributed by atoms with Crippen LogP contribution in [-0.2, 0) is 4.57 Å².